The maximum atomic E-state index is 2.90. The zero-order chi connectivity index (χ0) is 44.6. The lowest BCUT2D eigenvalue weighted by atomic mass is 9.33. The highest BCUT2D eigenvalue weighted by Gasteiger charge is 2.62. The molecule has 3 heteroatoms. The Kier molecular flexibility index (Phi) is 8.30. The van der Waals surface area contributed by atoms with Gasteiger partial charge in [-0.1, -0.05) is 175 Å². The van der Waals surface area contributed by atoms with Crippen LogP contribution in [0.25, 0.3) is 22.3 Å². The molecule has 0 saturated heterocycles. The molecule has 63 heavy (non-hydrogen) atoms. The van der Waals surface area contributed by atoms with E-state index in [1.54, 1.807) is 5.56 Å². The van der Waals surface area contributed by atoms with E-state index in [4.69, 9.17) is 0 Å². The van der Waals surface area contributed by atoms with Gasteiger partial charge in [0.1, 0.15) is 0 Å². The van der Waals surface area contributed by atoms with Crippen LogP contribution in [-0.2, 0) is 27.1 Å². The topological polar surface area (TPSA) is 6.48 Å². The molecule has 0 aromatic heterocycles. The number of benzene rings is 6. The molecule has 0 radical (unpaired) electrons. The number of fused-ring (bicyclic) bond motifs is 11. The van der Waals surface area contributed by atoms with Gasteiger partial charge in [0.25, 0.3) is 6.71 Å². The summed E-state index contributed by atoms with van der Waals surface area (Å²) in [4.78, 5) is 5.67. The first kappa shape index (κ1) is 40.7. The quantitative estimate of drug-likeness (QED) is 0.160. The SMILES string of the molecule is Cc1cc2c3c(c1)N1c4c(cc(C(C)(C)C)cc4C4(C)CCCCC14C)B3c1ccc3c(c1N2c1ccc(C(C)(C)C)cc1-c1ccccc1)C(C)(C)c1cc(C(C)(C)C)ccc1-3. The number of anilines is 5. The van der Waals surface area contributed by atoms with Crippen molar-refractivity contribution in [2.24, 2.45) is 0 Å². The summed E-state index contributed by atoms with van der Waals surface area (Å²) < 4.78 is 0. The highest BCUT2D eigenvalue weighted by Crippen LogP contribution is 2.63. The molecule has 0 spiro atoms. The van der Waals surface area contributed by atoms with Crippen LogP contribution in [0.1, 0.15) is 155 Å². The number of nitrogens with zero attached hydrogens (tertiary/aromatic N) is 2. The van der Waals surface area contributed by atoms with Crippen LogP contribution >= 0.6 is 0 Å². The molecule has 6 aromatic rings. The van der Waals surface area contributed by atoms with E-state index in [9.17, 15) is 0 Å². The van der Waals surface area contributed by atoms with E-state index in [2.05, 4.69) is 210 Å². The molecule has 0 N–H and O–H groups in total. The Morgan fingerprint density at radius 3 is 1.84 bits per heavy atom. The fourth-order valence-electron chi connectivity index (χ4n) is 13.0. The third-order valence-corrected chi connectivity index (χ3v) is 16.9. The summed E-state index contributed by atoms with van der Waals surface area (Å²) in [5, 5.41) is 0. The van der Waals surface area contributed by atoms with Crippen molar-refractivity contribution in [3.8, 4) is 22.3 Å². The van der Waals surface area contributed by atoms with Gasteiger partial charge in [-0.3, -0.25) is 0 Å². The minimum absolute atomic E-state index is 0.00483. The molecule has 2 nitrogen and oxygen atoms in total. The standard InChI is InChI=1S/C60H67BN2/c1-36-30-49-52-50(31-36)63-53-45(59(13)28-18-19-29-60(59,63)14)34-40(57(8,9)10)35-47(53)61(52)46-26-25-42-41-24-22-39(56(5,6)7)33-44(41)58(11,12)51(42)54(46)62(49)48-27-23-38(55(2,3)4)32-43(48)37-20-16-15-17-21-37/h15-17,20-27,30-35H,18-19,28-29H2,1-14H3. The zero-order valence-electron chi connectivity index (χ0n) is 40.6. The summed E-state index contributed by atoms with van der Waals surface area (Å²) in [5.41, 5.74) is 26.4. The lowest BCUT2D eigenvalue weighted by Crippen LogP contribution is -2.65. The van der Waals surface area contributed by atoms with E-state index >= 15 is 0 Å². The number of rotatable bonds is 2. The molecule has 0 amide bonds. The predicted octanol–water partition coefficient (Wildman–Crippen LogP) is 14.2. The van der Waals surface area contributed by atoms with Crippen LogP contribution in [0.15, 0.2) is 103 Å². The average molecular weight is 827 g/mol. The Balaban J connectivity index is 1.30. The second-order valence-corrected chi connectivity index (χ2v) is 24.3. The Morgan fingerprint density at radius 1 is 0.524 bits per heavy atom. The third-order valence-electron chi connectivity index (χ3n) is 16.9. The van der Waals surface area contributed by atoms with Gasteiger partial charge in [0.15, 0.2) is 0 Å². The van der Waals surface area contributed by atoms with Crippen LogP contribution in [0.2, 0.25) is 0 Å². The fourth-order valence-corrected chi connectivity index (χ4v) is 13.0. The molecule has 3 heterocycles. The largest absolute Gasteiger partial charge is 0.335 e. The minimum Gasteiger partial charge on any atom is -0.335 e. The van der Waals surface area contributed by atoms with E-state index in [1.807, 2.05) is 0 Å². The molecular weight excluding hydrogens is 759 g/mol. The molecule has 2 aliphatic carbocycles. The molecule has 1 saturated carbocycles. The van der Waals surface area contributed by atoms with Crippen LogP contribution in [-0.4, -0.2) is 12.3 Å². The van der Waals surface area contributed by atoms with E-state index in [0.29, 0.717) is 0 Å². The average Bonchev–Trinajstić information content (AvgIpc) is 3.58. The first-order valence-corrected chi connectivity index (χ1v) is 24.0. The van der Waals surface area contributed by atoms with Gasteiger partial charge in [-0.2, -0.15) is 0 Å². The summed E-state index contributed by atoms with van der Waals surface area (Å²) in [6.45, 7) is 34.1. The van der Waals surface area contributed by atoms with Crippen molar-refractivity contribution in [2.75, 3.05) is 9.80 Å². The first-order valence-electron chi connectivity index (χ1n) is 24.0. The van der Waals surface area contributed by atoms with Crippen molar-refractivity contribution in [3.63, 3.8) is 0 Å². The molecule has 6 aromatic carbocycles. The zero-order valence-corrected chi connectivity index (χ0v) is 40.6. The Morgan fingerprint density at radius 2 is 1.14 bits per heavy atom. The molecule has 320 valence electrons. The molecule has 2 unspecified atom stereocenters. The van der Waals surface area contributed by atoms with Gasteiger partial charge in [0.2, 0.25) is 0 Å². The van der Waals surface area contributed by atoms with Crippen molar-refractivity contribution in [1.29, 1.82) is 0 Å². The Hall–Kier alpha value is -5.02. The van der Waals surface area contributed by atoms with Crippen molar-refractivity contribution in [1.82, 2.24) is 0 Å². The van der Waals surface area contributed by atoms with Crippen LogP contribution in [0, 0.1) is 6.92 Å². The van der Waals surface area contributed by atoms with Gasteiger partial charge in [0, 0.05) is 39.1 Å². The van der Waals surface area contributed by atoms with Crippen molar-refractivity contribution in [3.05, 3.63) is 142 Å². The lowest BCUT2D eigenvalue weighted by molar-refractivity contribution is 0.195. The van der Waals surface area contributed by atoms with Crippen LogP contribution < -0.4 is 26.2 Å². The Labute approximate surface area is 379 Å². The number of hydrogen-bond acceptors (Lipinski definition) is 2. The van der Waals surface area contributed by atoms with Gasteiger partial charge in [0.05, 0.1) is 11.2 Å². The van der Waals surface area contributed by atoms with Gasteiger partial charge in [-0.15, -0.1) is 0 Å². The summed E-state index contributed by atoms with van der Waals surface area (Å²) >= 11 is 0. The van der Waals surface area contributed by atoms with Crippen molar-refractivity contribution in [2.45, 2.75) is 155 Å². The highest BCUT2D eigenvalue weighted by molar-refractivity contribution is 7.00. The highest BCUT2D eigenvalue weighted by atomic mass is 15.3. The smallest absolute Gasteiger partial charge is 0.252 e. The van der Waals surface area contributed by atoms with E-state index in [1.165, 1.54) is 126 Å². The summed E-state index contributed by atoms with van der Waals surface area (Å²) in [5.74, 6) is 0. The van der Waals surface area contributed by atoms with Crippen molar-refractivity contribution < 1.29 is 0 Å². The summed E-state index contributed by atoms with van der Waals surface area (Å²) in [6.07, 6.45) is 4.97. The van der Waals surface area contributed by atoms with E-state index in [-0.39, 0.29) is 39.3 Å². The van der Waals surface area contributed by atoms with Crippen LogP contribution in [0.3, 0.4) is 0 Å². The van der Waals surface area contributed by atoms with Crippen LogP contribution in [0.5, 0.6) is 0 Å². The first-order chi connectivity index (χ1) is 29.6. The molecule has 1 fully saturated rings. The predicted molar refractivity (Wildman–Crippen MR) is 272 cm³/mol. The maximum absolute atomic E-state index is 2.90. The molecule has 3 aliphatic heterocycles. The molecule has 5 aliphatic rings. The second kappa shape index (κ2) is 12.8. The van der Waals surface area contributed by atoms with E-state index in [0.717, 1.165) is 0 Å². The van der Waals surface area contributed by atoms with Gasteiger partial charge >= 0.3 is 0 Å². The number of aryl methyl sites for hydroxylation is 1. The monoisotopic (exact) mass is 827 g/mol. The molecule has 11 rings (SSSR count). The fraction of sp³-hybridized carbons (Fsp3) is 0.400. The summed E-state index contributed by atoms with van der Waals surface area (Å²) in [7, 11) is 0. The van der Waals surface area contributed by atoms with Crippen molar-refractivity contribution >= 4 is 51.5 Å². The number of hydrogen-bond donors (Lipinski definition) is 0. The Bertz CT molecular complexity index is 2930. The normalized spacial score (nSPS) is 21.4. The van der Waals surface area contributed by atoms with E-state index < -0.39 is 0 Å². The summed E-state index contributed by atoms with van der Waals surface area (Å²) in [6, 6.07) is 41.4. The third kappa shape index (κ3) is 5.44. The molecule has 0 bridgehead atoms. The van der Waals surface area contributed by atoms with Gasteiger partial charge < -0.3 is 9.80 Å². The lowest BCUT2D eigenvalue weighted by Gasteiger charge is -2.53. The minimum atomic E-state index is -0.246. The maximum Gasteiger partial charge on any atom is 0.252 e. The molecule has 2 atom stereocenters. The molecular formula is C60H67BN2. The van der Waals surface area contributed by atoms with Crippen LogP contribution in [0.4, 0.5) is 28.4 Å². The second-order valence-electron chi connectivity index (χ2n) is 24.3. The van der Waals surface area contributed by atoms with Gasteiger partial charge in [-0.25, -0.2) is 0 Å². The van der Waals surface area contributed by atoms with Gasteiger partial charge in [-0.05, 0) is 139 Å².